The van der Waals surface area contributed by atoms with Crippen molar-refractivity contribution in [2.75, 3.05) is 6.54 Å². The Hall–Kier alpha value is -1.33. The van der Waals surface area contributed by atoms with Crippen molar-refractivity contribution in [3.8, 4) is 0 Å². The first kappa shape index (κ1) is 16.2. The molecule has 0 bridgehead atoms. The van der Waals surface area contributed by atoms with E-state index in [-0.39, 0.29) is 0 Å². The zero-order valence-corrected chi connectivity index (χ0v) is 15.6. The van der Waals surface area contributed by atoms with Crippen molar-refractivity contribution in [1.29, 1.82) is 0 Å². The van der Waals surface area contributed by atoms with Gasteiger partial charge in [-0.15, -0.1) is 0 Å². The van der Waals surface area contributed by atoms with Crippen LogP contribution in [0.4, 0.5) is 0 Å². The molecule has 24 heavy (non-hydrogen) atoms. The topological polar surface area (TPSA) is 38.9 Å². The van der Waals surface area contributed by atoms with Crippen LogP contribution in [0.5, 0.6) is 0 Å². The average molecular weight is 348 g/mol. The molecule has 0 spiro atoms. The fraction of sp³-hybridized carbons (Fsp3) is 0.667. The highest BCUT2D eigenvalue weighted by molar-refractivity contribution is 6.30. The van der Waals surface area contributed by atoms with Crippen LogP contribution in [0.25, 0.3) is 0 Å². The first-order valence-electron chi connectivity index (χ1n) is 9.02. The van der Waals surface area contributed by atoms with E-state index in [2.05, 4.69) is 21.6 Å². The smallest absolute Gasteiger partial charge is 0.131 e. The van der Waals surface area contributed by atoms with Crippen molar-refractivity contribution in [1.82, 2.24) is 24.2 Å². The van der Waals surface area contributed by atoms with Gasteiger partial charge < -0.3 is 4.57 Å². The van der Waals surface area contributed by atoms with E-state index in [9.17, 15) is 0 Å². The van der Waals surface area contributed by atoms with Crippen LogP contribution in [0.2, 0.25) is 5.15 Å². The molecule has 2 aromatic heterocycles. The summed E-state index contributed by atoms with van der Waals surface area (Å²) in [7, 11) is 4.11. The van der Waals surface area contributed by atoms with Crippen molar-refractivity contribution < 1.29 is 0 Å². The Morgan fingerprint density at radius 3 is 2.67 bits per heavy atom. The molecule has 5 nitrogen and oxygen atoms in total. The molecule has 0 saturated carbocycles. The van der Waals surface area contributed by atoms with E-state index in [4.69, 9.17) is 16.6 Å². The van der Waals surface area contributed by atoms with Crippen LogP contribution in [0, 0.1) is 6.92 Å². The van der Waals surface area contributed by atoms with E-state index in [1.54, 1.807) is 4.68 Å². The molecule has 1 saturated heterocycles. The standard InChI is InChI=1S/C18H26ClN5/c1-12-13(17(19)23(3)21-12)11-24-10-6-9-16(24)18-20-14-7-4-5-8-15(14)22(18)2/h16H,4-11H2,1-3H3/t16-/m1/s1. The van der Waals surface area contributed by atoms with Crippen LogP contribution in [0.1, 0.15) is 60.2 Å². The van der Waals surface area contributed by atoms with Crippen LogP contribution in [0.3, 0.4) is 0 Å². The Labute approximate surface area is 148 Å². The SMILES string of the molecule is Cc1nn(C)c(Cl)c1CN1CCC[C@@H]1c1nc2c(n1C)CCCC2. The second-order valence-corrected chi connectivity index (χ2v) is 7.59. The summed E-state index contributed by atoms with van der Waals surface area (Å²) in [6.07, 6.45) is 7.30. The summed E-state index contributed by atoms with van der Waals surface area (Å²) in [6.45, 7) is 4.01. The quantitative estimate of drug-likeness (QED) is 0.854. The normalized spacial score (nSPS) is 21.4. The Balaban J connectivity index is 1.62. The molecule has 6 heteroatoms. The van der Waals surface area contributed by atoms with Crippen LogP contribution in [0.15, 0.2) is 0 Å². The average Bonchev–Trinajstić information content (AvgIpc) is 3.22. The zero-order valence-electron chi connectivity index (χ0n) is 14.8. The molecule has 4 rings (SSSR count). The maximum Gasteiger partial charge on any atom is 0.131 e. The van der Waals surface area contributed by atoms with Gasteiger partial charge in [-0.2, -0.15) is 5.10 Å². The molecule has 1 fully saturated rings. The van der Waals surface area contributed by atoms with Gasteiger partial charge in [0.1, 0.15) is 11.0 Å². The highest BCUT2D eigenvalue weighted by Crippen LogP contribution is 2.36. The van der Waals surface area contributed by atoms with E-state index >= 15 is 0 Å². The number of nitrogens with zero attached hydrogens (tertiary/aromatic N) is 5. The molecular formula is C18H26ClN5. The number of halogens is 1. The molecule has 0 unspecified atom stereocenters. The Morgan fingerprint density at radius 1 is 1.17 bits per heavy atom. The van der Waals surface area contributed by atoms with Crippen LogP contribution in [-0.4, -0.2) is 30.8 Å². The molecule has 0 N–H and O–H groups in total. The van der Waals surface area contributed by atoms with Gasteiger partial charge in [0.05, 0.1) is 17.4 Å². The van der Waals surface area contributed by atoms with Crippen molar-refractivity contribution in [3.05, 3.63) is 33.6 Å². The van der Waals surface area contributed by atoms with Gasteiger partial charge >= 0.3 is 0 Å². The van der Waals surface area contributed by atoms with Crippen molar-refractivity contribution in [2.24, 2.45) is 14.1 Å². The Morgan fingerprint density at radius 2 is 1.96 bits per heavy atom. The number of hydrogen-bond acceptors (Lipinski definition) is 3. The summed E-state index contributed by atoms with van der Waals surface area (Å²) in [5, 5.41) is 5.22. The lowest BCUT2D eigenvalue weighted by atomic mass is 10.0. The second-order valence-electron chi connectivity index (χ2n) is 7.24. The number of fused-ring (bicyclic) bond motifs is 1. The second kappa shape index (κ2) is 6.19. The van der Waals surface area contributed by atoms with Crippen LogP contribution >= 0.6 is 11.6 Å². The minimum Gasteiger partial charge on any atom is -0.334 e. The maximum absolute atomic E-state index is 6.45. The van der Waals surface area contributed by atoms with Crippen molar-refractivity contribution in [3.63, 3.8) is 0 Å². The number of aryl methyl sites for hydroxylation is 3. The van der Waals surface area contributed by atoms with E-state index in [0.717, 1.165) is 35.9 Å². The molecule has 1 atom stereocenters. The third-order valence-electron chi connectivity index (χ3n) is 5.70. The molecule has 3 heterocycles. The Kier molecular flexibility index (Phi) is 4.17. The van der Waals surface area contributed by atoms with Gasteiger partial charge in [0.2, 0.25) is 0 Å². The predicted octanol–water partition coefficient (Wildman–Crippen LogP) is 3.33. The summed E-state index contributed by atoms with van der Waals surface area (Å²) in [6, 6.07) is 0.399. The van der Waals surface area contributed by atoms with Gasteiger partial charge in [-0.1, -0.05) is 11.6 Å². The van der Waals surface area contributed by atoms with Gasteiger partial charge in [0.25, 0.3) is 0 Å². The van der Waals surface area contributed by atoms with Crippen molar-refractivity contribution >= 4 is 11.6 Å². The highest BCUT2D eigenvalue weighted by atomic mass is 35.5. The van der Waals surface area contributed by atoms with Gasteiger partial charge in [0.15, 0.2) is 0 Å². The van der Waals surface area contributed by atoms with Crippen LogP contribution in [-0.2, 0) is 33.5 Å². The number of aromatic nitrogens is 4. The molecule has 130 valence electrons. The van der Waals surface area contributed by atoms with Gasteiger partial charge in [-0.3, -0.25) is 9.58 Å². The first-order valence-corrected chi connectivity index (χ1v) is 9.40. The summed E-state index contributed by atoms with van der Waals surface area (Å²) in [4.78, 5) is 7.57. The third kappa shape index (κ3) is 2.58. The van der Waals surface area contributed by atoms with E-state index < -0.39 is 0 Å². The van der Waals surface area contributed by atoms with Gasteiger partial charge in [-0.05, 0) is 52.0 Å². The Bertz CT molecular complexity index is 760. The number of rotatable bonds is 3. The van der Waals surface area contributed by atoms with E-state index in [0.29, 0.717) is 6.04 Å². The fourth-order valence-electron chi connectivity index (χ4n) is 4.37. The van der Waals surface area contributed by atoms with Gasteiger partial charge in [-0.25, -0.2) is 4.98 Å². The minimum atomic E-state index is 0.399. The number of hydrogen-bond donors (Lipinski definition) is 0. The lowest BCUT2D eigenvalue weighted by molar-refractivity contribution is 0.236. The highest BCUT2D eigenvalue weighted by Gasteiger charge is 2.32. The molecule has 1 aliphatic heterocycles. The molecule has 0 radical (unpaired) electrons. The summed E-state index contributed by atoms with van der Waals surface area (Å²) >= 11 is 6.45. The van der Waals surface area contributed by atoms with Gasteiger partial charge in [0, 0.05) is 31.9 Å². The first-order chi connectivity index (χ1) is 11.6. The molecular weight excluding hydrogens is 322 g/mol. The predicted molar refractivity (Wildman–Crippen MR) is 95.2 cm³/mol. The largest absolute Gasteiger partial charge is 0.334 e. The molecule has 0 amide bonds. The monoisotopic (exact) mass is 347 g/mol. The molecule has 2 aromatic rings. The maximum atomic E-state index is 6.45. The molecule has 0 aromatic carbocycles. The number of likely N-dealkylation sites (tertiary alicyclic amines) is 1. The molecule has 1 aliphatic carbocycles. The lowest BCUT2D eigenvalue weighted by Crippen LogP contribution is -2.25. The summed E-state index contributed by atoms with van der Waals surface area (Å²) in [5.74, 6) is 1.25. The molecule has 2 aliphatic rings. The van der Waals surface area contributed by atoms with Crippen molar-refractivity contribution in [2.45, 2.75) is 58.0 Å². The lowest BCUT2D eigenvalue weighted by Gasteiger charge is -2.24. The summed E-state index contributed by atoms with van der Waals surface area (Å²) < 4.78 is 4.14. The number of imidazole rings is 1. The summed E-state index contributed by atoms with van der Waals surface area (Å²) in [5.41, 5.74) is 4.98. The fourth-order valence-corrected chi connectivity index (χ4v) is 4.60. The van der Waals surface area contributed by atoms with E-state index in [1.807, 2.05) is 14.0 Å². The van der Waals surface area contributed by atoms with E-state index in [1.165, 1.54) is 49.3 Å². The van der Waals surface area contributed by atoms with Crippen LogP contribution < -0.4 is 0 Å². The zero-order chi connectivity index (χ0) is 16.8. The third-order valence-corrected chi connectivity index (χ3v) is 6.17. The minimum absolute atomic E-state index is 0.399.